The Hall–Kier alpha value is -5.24. The van der Waals surface area contributed by atoms with Crippen molar-refractivity contribution in [1.82, 2.24) is 56.3 Å². The minimum absolute atomic E-state index is 0.00735. The molecule has 504 valence electrons. The number of halogens is 1. The normalized spacial score (nSPS) is 16.4. The van der Waals surface area contributed by atoms with Crippen LogP contribution in [0.1, 0.15) is 160 Å². The highest BCUT2D eigenvalue weighted by atomic mass is 32.3. The van der Waals surface area contributed by atoms with Crippen LogP contribution in [0.5, 0.6) is 0 Å². The first-order valence-electron chi connectivity index (χ1n) is 30.4. The molecule has 0 spiro atoms. The molecule has 5 amide bonds. The summed E-state index contributed by atoms with van der Waals surface area (Å²) in [7, 11) is -13.0. The maximum atomic E-state index is 17.0. The van der Waals surface area contributed by atoms with E-state index in [1.807, 2.05) is 41.5 Å². The van der Waals surface area contributed by atoms with E-state index >= 15 is 3.89 Å². The van der Waals surface area contributed by atoms with Crippen molar-refractivity contribution in [2.24, 2.45) is 0 Å². The topological polar surface area (TPSA) is 390 Å². The lowest BCUT2D eigenvalue weighted by Gasteiger charge is -2.52. The number of carbonyl (C=O) groups is 8. The Morgan fingerprint density at radius 3 is 1.67 bits per heavy atom. The summed E-state index contributed by atoms with van der Waals surface area (Å²) in [5, 5.41) is 50.1. The molecule has 10 N–H and O–H groups in total. The number of carboxylic acids is 3. The standard InChI is InChI=1S/C57H97FN11O16P3S/c1-8-9-26-59-48(70)17-12-10-11-13-18-49(71)60-27-15-14-16-46(55(79)80)63-54(78)47(38-62-53(77)43-19-21-45(22-20-43)89(58,56(2,3)4)57(5,6)7)69-39-44(64-65-69)37-61-50(72)24-35-87(82,83)41-67-30-28-66(40-86(81)34-23-51(73)74)29-31-68(33-32-67)42-88(84,85)36-25-52(75)76/h19-22,39,46-47H,8-18,23-38,40-42H2,1-7H3,(H9-,59,60,61,62,63,70,71,72,73,74,75,76,77,78,79,80,82,83,84,85)/p+1. The zero-order chi connectivity index (χ0) is 66.6. The molecule has 1 aromatic carbocycles. The van der Waals surface area contributed by atoms with Gasteiger partial charge in [0.05, 0.1) is 38.2 Å². The van der Waals surface area contributed by atoms with Gasteiger partial charge < -0.3 is 51.7 Å². The molecule has 0 aliphatic carbocycles. The number of carboxylic acid groups (broad SMARTS) is 3. The molecule has 1 fully saturated rings. The van der Waals surface area contributed by atoms with Gasteiger partial charge in [-0.15, -0.1) is 5.10 Å². The fourth-order valence-electron chi connectivity index (χ4n) is 10.0. The number of aromatic nitrogens is 3. The molecular weight excluding hydrogens is 1240 g/mol. The summed E-state index contributed by atoms with van der Waals surface area (Å²) in [6.07, 6.45) is 4.66. The third-order valence-corrected chi connectivity index (χ3v) is 24.1. The van der Waals surface area contributed by atoms with Gasteiger partial charge in [0.2, 0.25) is 38.4 Å². The van der Waals surface area contributed by atoms with Crippen LogP contribution in [0.3, 0.4) is 0 Å². The second-order valence-corrected chi connectivity index (χ2v) is 35.0. The molecular formula is C57H98FN11O16P3S+. The van der Waals surface area contributed by atoms with Gasteiger partial charge in [-0.25, -0.2) is 9.48 Å². The molecule has 1 saturated heterocycles. The molecule has 5 atom stereocenters. The largest absolute Gasteiger partial charge is 0.481 e. The van der Waals surface area contributed by atoms with E-state index in [0.717, 1.165) is 36.8 Å². The van der Waals surface area contributed by atoms with E-state index in [2.05, 4.69) is 43.8 Å². The summed E-state index contributed by atoms with van der Waals surface area (Å²) < 4.78 is 56.2. The highest BCUT2D eigenvalue weighted by Gasteiger charge is 2.48. The Bertz CT molecular complexity index is 2760. The first-order valence-corrected chi connectivity index (χ1v) is 37.7. The molecule has 27 nitrogen and oxygen atoms in total. The van der Waals surface area contributed by atoms with Gasteiger partial charge in [0.1, 0.15) is 17.8 Å². The Morgan fingerprint density at radius 2 is 1.17 bits per heavy atom. The minimum Gasteiger partial charge on any atom is -0.481 e. The first kappa shape index (κ1) is 78.0. The van der Waals surface area contributed by atoms with Gasteiger partial charge in [0, 0.05) is 110 Å². The van der Waals surface area contributed by atoms with E-state index in [9.17, 15) is 66.9 Å². The minimum atomic E-state index is -4.10. The van der Waals surface area contributed by atoms with E-state index in [4.69, 9.17) is 10.2 Å². The number of hydrogen-bond acceptors (Lipinski definition) is 16. The quantitative estimate of drug-likeness (QED) is 0.0265. The average molecular weight is 1340 g/mol. The number of unbranched alkanes of at least 4 members (excludes halogenated alkanes) is 5. The van der Waals surface area contributed by atoms with Crippen molar-refractivity contribution in [3.63, 3.8) is 0 Å². The molecule has 0 bridgehead atoms. The van der Waals surface area contributed by atoms with Crippen LogP contribution in [0, 0.1) is 0 Å². The Balaban J connectivity index is 1.70. The Kier molecular flexibility index (Phi) is 33.2. The van der Waals surface area contributed by atoms with Crippen molar-refractivity contribution in [2.45, 2.75) is 171 Å². The van der Waals surface area contributed by atoms with Crippen LogP contribution in [-0.4, -0.2) is 214 Å². The van der Waals surface area contributed by atoms with Crippen molar-refractivity contribution in [3.8, 4) is 0 Å². The van der Waals surface area contributed by atoms with Gasteiger partial charge >= 0.3 is 25.7 Å². The summed E-state index contributed by atoms with van der Waals surface area (Å²) in [6, 6.07) is 3.33. The van der Waals surface area contributed by atoms with E-state index in [1.165, 1.54) is 18.3 Å². The van der Waals surface area contributed by atoms with E-state index in [-0.39, 0.29) is 113 Å². The van der Waals surface area contributed by atoms with Crippen molar-refractivity contribution in [1.29, 1.82) is 0 Å². The van der Waals surface area contributed by atoms with Crippen molar-refractivity contribution in [3.05, 3.63) is 41.7 Å². The third kappa shape index (κ3) is 29.3. The van der Waals surface area contributed by atoms with Crippen LogP contribution in [-0.2, 0) is 53.8 Å². The van der Waals surface area contributed by atoms with Gasteiger partial charge in [-0.05, 0) is 104 Å². The van der Waals surface area contributed by atoms with Gasteiger partial charge in [0.15, 0.2) is 12.4 Å². The number of aliphatic carboxylic acids is 3. The van der Waals surface area contributed by atoms with Crippen LogP contribution in [0.4, 0.5) is 3.89 Å². The number of amides is 5. The summed E-state index contributed by atoms with van der Waals surface area (Å²) in [5.74, 6) is -5.96. The molecule has 1 aliphatic rings. The molecule has 1 aromatic heterocycles. The zero-order valence-corrected chi connectivity index (χ0v) is 56.3. The van der Waals surface area contributed by atoms with Crippen LogP contribution in [0.2, 0.25) is 0 Å². The predicted octanol–water partition coefficient (Wildman–Crippen LogP) is 6.12. The van der Waals surface area contributed by atoms with Crippen LogP contribution < -0.4 is 26.6 Å². The molecule has 2 aromatic rings. The third-order valence-electron chi connectivity index (χ3n) is 14.8. The monoisotopic (exact) mass is 1340 g/mol. The fourth-order valence-corrected chi connectivity index (χ4v) is 18.3. The van der Waals surface area contributed by atoms with Crippen molar-refractivity contribution >= 4 is 80.4 Å². The number of carbonyl (C=O) groups excluding carboxylic acids is 5. The zero-order valence-electron chi connectivity index (χ0n) is 52.8. The molecule has 0 radical (unpaired) electrons. The van der Waals surface area contributed by atoms with Crippen LogP contribution in [0.15, 0.2) is 35.4 Å². The van der Waals surface area contributed by atoms with E-state index in [0.29, 0.717) is 43.5 Å². The van der Waals surface area contributed by atoms with Crippen LogP contribution >= 0.6 is 33.0 Å². The number of hydrogen-bond donors (Lipinski definition) is 10. The van der Waals surface area contributed by atoms with Crippen LogP contribution in [0.25, 0.3) is 0 Å². The highest BCUT2D eigenvalue weighted by molar-refractivity contribution is 8.31. The first-order chi connectivity index (χ1) is 41.6. The second kappa shape index (κ2) is 37.9. The smallest absolute Gasteiger partial charge is 0.354 e. The molecule has 5 unspecified atom stereocenters. The lowest BCUT2D eigenvalue weighted by molar-refractivity contribution is -0.142. The molecule has 0 saturated carbocycles. The van der Waals surface area contributed by atoms with Crippen molar-refractivity contribution < 1.29 is 81.0 Å². The predicted molar refractivity (Wildman–Crippen MR) is 338 cm³/mol. The summed E-state index contributed by atoms with van der Waals surface area (Å²) >= 11 is 0. The Labute approximate surface area is 524 Å². The molecule has 2 heterocycles. The number of benzene rings is 1. The maximum Gasteiger partial charge on any atom is 0.354 e. The summed E-state index contributed by atoms with van der Waals surface area (Å²) in [6.45, 7) is 14.5. The lowest BCUT2D eigenvalue weighted by Crippen LogP contribution is -2.47. The summed E-state index contributed by atoms with van der Waals surface area (Å²) in [4.78, 5) is 128. The second-order valence-electron chi connectivity index (χ2n) is 24.5. The van der Waals surface area contributed by atoms with Gasteiger partial charge in [-0.2, -0.15) is 3.89 Å². The highest BCUT2D eigenvalue weighted by Crippen LogP contribution is 2.74. The van der Waals surface area contributed by atoms with Crippen molar-refractivity contribution in [2.75, 3.05) is 96.2 Å². The maximum absolute atomic E-state index is 17.0. The van der Waals surface area contributed by atoms with Gasteiger partial charge in [-0.1, -0.05) is 46.4 Å². The van der Waals surface area contributed by atoms with Gasteiger partial charge in [-0.3, -0.25) is 57.4 Å². The number of nitrogens with zero attached hydrogens (tertiary/aromatic N) is 6. The lowest BCUT2D eigenvalue weighted by atomic mass is 10.1. The average Bonchev–Trinajstić information content (AvgIpc) is 1.55. The van der Waals surface area contributed by atoms with E-state index < -0.39 is 122 Å². The number of rotatable bonds is 40. The van der Waals surface area contributed by atoms with E-state index in [1.54, 1.807) is 26.8 Å². The molecule has 3 rings (SSSR count). The fraction of sp³-hybridized carbons (Fsp3) is 0.719. The molecule has 89 heavy (non-hydrogen) atoms. The Morgan fingerprint density at radius 1 is 0.663 bits per heavy atom. The number of nitrogens with one attached hydrogen (secondary N) is 5. The summed E-state index contributed by atoms with van der Waals surface area (Å²) in [5.41, 5.74) is 0.268. The molecule has 1 aliphatic heterocycles. The molecule has 32 heteroatoms. The van der Waals surface area contributed by atoms with Gasteiger partial charge in [0.25, 0.3) is 5.91 Å². The SMILES string of the molecule is CCCCNC(=O)CCCCCCC(=O)NCCCCC(NC(=O)C(CNC(=O)c1ccc(S(F)(C(C)(C)C)C(C)(C)C)cc1)n1cc(CNC(=O)CCP(=O)(O)CN2CCN(C[P+](=O)CCC(=O)O)CCN(CP(=O)(O)CCC(=O)O)CC2)nn1)C(=O)O.